The van der Waals surface area contributed by atoms with Crippen LogP contribution in [-0.2, 0) is 5.41 Å². The molecule has 0 bridgehead atoms. The lowest BCUT2D eigenvalue weighted by atomic mass is 9.66. The maximum absolute atomic E-state index is 5.40. The summed E-state index contributed by atoms with van der Waals surface area (Å²) in [6.07, 6.45) is 0. The maximum Gasteiger partial charge on any atom is 0.160 e. The Morgan fingerprint density at radius 1 is 0.294 bits per heavy atom. The molecule has 1 aliphatic rings. The summed E-state index contributed by atoms with van der Waals surface area (Å²) in [5, 5.41) is 2.61. The van der Waals surface area contributed by atoms with Gasteiger partial charge in [0.2, 0.25) is 0 Å². The van der Waals surface area contributed by atoms with Gasteiger partial charge in [0, 0.05) is 36.9 Å². The van der Waals surface area contributed by atoms with E-state index >= 15 is 0 Å². The molecule has 1 aliphatic carbocycles. The molecule has 318 valence electrons. The molecule has 2 aromatic heterocycles. The van der Waals surface area contributed by atoms with Gasteiger partial charge in [-0.25, -0.2) is 9.97 Å². The molecule has 0 spiro atoms. The minimum atomic E-state index is -0.564. The molecule has 0 unspecified atom stereocenters. The second kappa shape index (κ2) is 16.4. The minimum Gasteiger partial charge on any atom is -0.228 e. The van der Waals surface area contributed by atoms with E-state index in [-0.39, 0.29) is 0 Å². The van der Waals surface area contributed by atoms with Gasteiger partial charge in [0.25, 0.3) is 0 Å². The van der Waals surface area contributed by atoms with Crippen LogP contribution in [0.5, 0.6) is 0 Å². The summed E-state index contributed by atoms with van der Waals surface area (Å²) in [6, 6.07) is 92.6. The average Bonchev–Trinajstić information content (AvgIpc) is 3.95. The topological polar surface area (TPSA) is 25.8 Å². The van der Waals surface area contributed by atoms with Gasteiger partial charge >= 0.3 is 0 Å². The van der Waals surface area contributed by atoms with Gasteiger partial charge in [-0.05, 0) is 109 Å². The third kappa shape index (κ3) is 6.62. The van der Waals surface area contributed by atoms with Crippen molar-refractivity contribution in [2.24, 2.45) is 0 Å². The zero-order valence-corrected chi connectivity index (χ0v) is 37.9. The van der Waals surface area contributed by atoms with E-state index in [0.717, 1.165) is 44.8 Å². The highest BCUT2D eigenvalue weighted by molar-refractivity contribution is 7.25. The molecular weight excluding hydrogens is 841 g/mol. The lowest BCUT2D eigenvalue weighted by Gasteiger charge is -2.35. The van der Waals surface area contributed by atoms with Gasteiger partial charge in [0.05, 0.1) is 16.8 Å². The summed E-state index contributed by atoms with van der Waals surface area (Å²) < 4.78 is 2.62. The van der Waals surface area contributed by atoms with E-state index < -0.39 is 5.41 Å². The Labute approximate surface area is 400 Å². The van der Waals surface area contributed by atoms with Crippen LogP contribution < -0.4 is 0 Å². The molecule has 10 aromatic carbocycles. The smallest absolute Gasteiger partial charge is 0.160 e. The van der Waals surface area contributed by atoms with Gasteiger partial charge in [-0.3, -0.25) is 0 Å². The van der Waals surface area contributed by atoms with Crippen molar-refractivity contribution >= 4 is 31.5 Å². The van der Waals surface area contributed by atoms with Crippen molar-refractivity contribution in [2.75, 3.05) is 0 Å². The van der Waals surface area contributed by atoms with Gasteiger partial charge in [0.15, 0.2) is 5.82 Å². The fraction of sp³-hybridized carbons (Fsp3) is 0.0154. The van der Waals surface area contributed by atoms with Crippen molar-refractivity contribution in [1.29, 1.82) is 0 Å². The quantitative estimate of drug-likeness (QED) is 0.152. The van der Waals surface area contributed by atoms with Crippen molar-refractivity contribution in [1.82, 2.24) is 9.97 Å². The molecule has 2 heterocycles. The van der Waals surface area contributed by atoms with Crippen molar-refractivity contribution in [3.05, 3.63) is 277 Å². The Morgan fingerprint density at radius 3 is 1.54 bits per heavy atom. The molecule has 0 amide bonds. The number of nitrogens with zero attached hydrogens (tertiary/aromatic N) is 2. The minimum absolute atomic E-state index is 0.564. The largest absolute Gasteiger partial charge is 0.228 e. The van der Waals surface area contributed by atoms with Gasteiger partial charge in [0.1, 0.15) is 0 Å². The molecule has 0 fully saturated rings. The van der Waals surface area contributed by atoms with Gasteiger partial charge in [-0.2, -0.15) is 0 Å². The Hall–Kier alpha value is -8.50. The van der Waals surface area contributed by atoms with Gasteiger partial charge in [-0.15, -0.1) is 11.3 Å². The summed E-state index contributed by atoms with van der Waals surface area (Å²) in [4.78, 5) is 10.7. The van der Waals surface area contributed by atoms with Crippen LogP contribution in [0.25, 0.3) is 98.6 Å². The molecule has 13 rings (SSSR count). The molecule has 3 heteroatoms. The second-order valence-electron chi connectivity index (χ2n) is 17.6. The van der Waals surface area contributed by atoms with Crippen molar-refractivity contribution in [2.45, 2.75) is 5.41 Å². The predicted molar refractivity (Wildman–Crippen MR) is 285 cm³/mol. The van der Waals surface area contributed by atoms with E-state index in [4.69, 9.17) is 9.97 Å². The normalized spacial score (nSPS) is 12.5. The number of rotatable bonds is 8. The monoisotopic (exact) mass is 882 g/mol. The van der Waals surface area contributed by atoms with E-state index in [1.165, 1.54) is 70.2 Å². The van der Waals surface area contributed by atoms with Crippen LogP contribution in [0.15, 0.2) is 255 Å². The fourth-order valence-corrected chi connectivity index (χ4v) is 11.8. The molecule has 12 aromatic rings. The molecule has 68 heavy (non-hydrogen) atoms. The zero-order valence-electron chi connectivity index (χ0n) is 37.1. The van der Waals surface area contributed by atoms with Crippen molar-refractivity contribution in [3.8, 4) is 78.4 Å². The number of thiophene rings is 1. The SMILES string of the molecule is c1ccc(-c2cc(-c3cc(-c4ccc(-c5ccc6sc7ccccc7c6c5)cc4)nc(-c4ccccc4)n3)cc(-c3cccc4c3C(c3ccccc3)(c3ccccc3)c3ccccc3-4)c2)cc1. The first kappa shape index (κ1) is 39.8. The van der Waals surface area contributed by atoms with Crippen LogP contribution in [0.4, 0.5) is 0 Å². The van der Waals surface area contributed by atoms with E-state index in [9.17, 15) is 0 Å². The second-order valence-corrected chi connectivity index (χ2v) is 18.7. The molecule has 0 N–H and O–H groups in total. The highest BCUT2D eigenvalue weighted by atomic mass is 32.1. The van der Waals surface area contributed by atoms with Gasteiger partial charge in [-0.1, -0.05) is 212 Å². The lowest BCUT2D eigenvalue weighted by molar-refractivity contribution is 0.770. The Morgan fingerprint density at radius 2 is 0.809 bits per heavy atom. The third-order valence-electron chi connectivity index (χ3n) is 13.8. The third-order valence-corrected chi connectivity index (χ3v) is 14.9. The number of hydrogen-bond donors (Lipinski definition) is 0. The number of benzene rings is 10. The molecular formula is C65H42N2S. The highest BCUT2D eigenvalue weighted by Gasteiger charge is 2.47. The van der Waals surface area contributed by atoms with Crippen LogP contribution in [0.2, 0.25) is 0 Å². The Bertz CT molecular complexity index is 3780. The highest BCUT2D eigenvalue weighted by Crippen LogP contribution is 2.59. The number of hydrogen-bond acceptors (Lipinski definition) is 3. The predicted octanol–water partition coefficient (Wildman–Crippen LogP) is 17.2. The summed E-state index contributed by atoms with van der Waals surface area (Å²) in [7, 11) is 0. The van der Waals surface area contributed by atoms with Crippen molar-refractivity contribution < 1.29 is 0 Å². The molecule has 0 saturated heterocycles. The van der Waals surface area contributed by atoms with Crippen LogP contribution in [-0.4, -0.2) is 9.97 Å². The summed E-state index contributed by atoms with van der Waals surface area (Å²) in [5.41, 5.74) is 18.7. The first-order valence-electron chi connectivity index (χ1n) is 23.2. The standard InChI is InChI=1S/C65H42N2S/c1-5-18-43(19-6-1)48-38-49(53-28-17-29-56-54-26-13-15-30-58(54)65(63(53)56,51-22-9-3-10-23-51)52-24-11-4-12-25-52)40-50(39-48)60-42-59(66-64(67-60)46-20-7-2-8-21-46)45-34-32-44(33-35-45)47-36-37-62-57(41-47)55-27-14-16-31-61(55)68-62/h1-42H. The average molecular weight is 883 g/mol. The molecule has 0 aliphatic heterocycles. The maximum atomic E-state index is 5.40. The van der Waals surface area contributed by atoms with Crippen LogP contribution in [0.1, 0.15) is 22.3 Å². The van der Waals surface area contributed by atoms with Crippen LogP contribution in [0, 0.1) is 0 Å². The summed E-state index contributed by atoms with van der Waals surface area (Å²) >= 11 is 1.85. The summed E-state index contributed by atoms with van der Waals surface area (Å²) in [5.74, 6) is 0.687. The molecule has 0 atom stereocenters. The van der Waals surface area contributed by atoms with Gasteiger partial charge < -0.3 is 0 Å². The Balaban J connectivity index is 1.00. The molecule has 2 nitrogen and oxygen atoms in total. The van der Waals surface area contributed by atoms with Crippen LogP contribution in [0.3, 0.4) is 0 Å². The van der Waals surface area contributed by atoms with E-state index in [1.807, 2.05) is 17.4 Å². The summed E-state index contributed by atoms with van der Waals surface area (Å²) in [6.45, 7) is 0. The fourth-order valence-electron chi connectivity index (χ4n) is 10.7. The molecule has 0 saturated carbocycles. The van der Waals surface area contributed by atoms with Crippen molar-refractivity contribution in [3.63, 3.8) is 0 Å². The first-order chi connectivity index (χ1) is 33.7. The first-order valence-corrected chi connectivity index (χ1v) is 24.0. The number of fused-ring (bicyclic) bond motifs is 6. The Kier molecular flexibility index (Phi) is 9.62. The van der Waals surface area contributed by atoms with E-state index in [1.54, 1.807) is 0 Å². The van der Waals surface area contributed by atoms with E-state index in [0.29, 0.717) is 5.82 Å². The zero-order chi connectivity index (χ0) is 45.0. The van der Waals surface area contributed by atoms with Crippen LogP contribution >= 0.6 is 11.3 Å². The van der Waals surface area contributed by atoms with E-state index in [2.05, 4.69) is 249 Å². The molecule has 0 radical (unpaired) electrons. The lowest BCUT2D eigenvalue weighted by Crippen LogP contribution is -2.29. The number of aromatic nitrogens is 2.